The van der Waals surface area contributed by atoms with E-state index in [0.29, 0.717) is 30.0 Å². The first-order valence-electron chi connectivity index (χ1n) is 16.7. The van der Waals surface area contributed by atoms with Crippen molar-refractivity contribution in [3.05, 3.63) is 65.7 Å². The van der Waals surface area contributed by atoms with Crippen LogP contribution in [0.25, 0.3) is 0 Å². The fourth-order valence-electron chi connectivity index (χ4n) is 4.55. The average Bonchev–Trinajstić information content (AvgIpc) is 3.09. The van der Waals surface area contributed by atoms with E-state index in [0.717, 1.165) is 31.2 Å². The van der Waals surface area contributed by atoms with Crippen LogP contribution < -0.4 is 27.0 Å². The molecule has 2 rings (SSSR count). The number of hydrogen-bond donors (Lipinski definition) is 7. The second-order valence-corrected chi connectivity index (χ2v) is 12.2. The highest BCUT2D eigenvalue weighted by atomic mass is 16.5. The molecule has 4 atom stereocenters. The lowest BCUT2D eigenvalue weighted by Crippen LogP contribution is -2.53. The van der Waals surface area contributed by atoms with Gasteiger partial charge in [0.1, 0.15) is 12.1 Å². The molecule has 0 spiro atoms. The maximum Gasteiger partial charge on any atom is 0.312 e. The monoisotopic (exact) mass is 671 g/mol. The number of amides is 5. The number of carbonyl (C=O) groups excluding carboxylic acids is 4. The predicted molar refractivity (Wildman–Crippen MR) is 188 cm³/mol. The topological polar surface area (TPSA) is 192 Å². The minimum atomic E-state index is -0.931. The fraction of sp³-hybridized carbons (Fsp3) is 0.556. The highest BCUT2D eigenvalue weighted by Crippen LogP contribution is 2.17. The molecule has 268 valence electrons. The summed E-state index contributed by atoms with van der Waals surface area (Å²) in [5, 5.41) is 28.7. The lowest BCUT2D eigenvalue weighted by Gasteiger charge is -2.25. The maximum absolute atomic E-state index is 13.4. The van der Waals surface area contributed by atoms with Gasteiger partial charge in [-0.3, -0.25) is 14.4 Å². The highest BCUT2D eigenvalue weighted by Gasteiger charge is 2.27. The molecule has 0 bridgehead atoms. The van der Waals surface area contributed by atoms with Gasteiger partial charge in [0.15, 0.2) is 0 Å². The van der Waals surface area contributed by atoms with E-state index in [4.69, 9.17) is 15.6 Å². The van der Waals surface area contributed by atoms with E-state index in [1.165, 1.54) is 0 Å². The van der Waals surface area contributed by atoms with Crippen LogP contribution in [0.15, 0.2) is 54.6 Å². The van der Waals surface area contributed by atoms with Crippen molar-refractivity contribution >= 4 is 29.4 Å². The van der Waals surface area contributed by atoms with Crippen LogP contribution in [0.5, 0.6) is 0 Å². The summed E-state index contributed by atoms with van der Waals surface area (Å²) in [6.45, 7) is 8.53. The third kappa shape index (κ3) is 17.2. The molecule has 0 heterocycles. The number of urea groups is 1. The van der Waals surface area contributed by atoms with E-state index in [1.807, 2.05) is 37.3 Å². The van der Waals surface area contributed by atoms with Crippen LogP contribution in [0.4, 0.5) is 10.5 Å². The number of carbonyl (C=O) groups is 4. The van der Waals surface area contributed by atoms with Gasteiger partial charge >= 0.3 is 6.03 Å². The number of rotatable bonds is 20. The molecule has 0 aliphatic carbocycles. The van der Waals surface area contributed by atoms with Gasteiger partial charge in [0, 0.05) is 38.8 Å². The number of nitrogens with two attached hydrogens (primary N) is 1. The zero-order chi connectivity index (χ0) is 36.0. The second kappa shape index (κ2) is 23.3. The Balaban J connectivity index is 0.00000112. The number of anilines is 1. The molecule has 12 heteroatoms. The molecule has 2 aromatic rings. The van der Waals surface area contributed by atoms with Crippen LogP contribution >= 0.6 is 0 Å². The van der Waals surface area contributed by atoms with Crippen LogP contribution in [-0.4, -0.2) is 71.9 Å². The Hall–Kier alpha value is -4.00. The van der Waals surface area contributed by atoms with Crippen molar-refractivity contribution in [2.24, 2.45) is 11.7 Å². The van der Waals surface area contributed by atoms with E-state index >= 15 is 0 Å². The molecule has 8 N–H and O–H groups in total. The van der Waals surface area contributed by atoms with Gasteiger partial charge in [-0.25, -0.2) is 4.79 Å². The van der Waals surface area contributed by atoms with Gasteiger partial charge in [-0.15, -0.1) is 0 Å². The van der Waals surface area contributed by atoms with E-state index in [9.17, 15) is 24.3 Å². The Morgan fingerprint density at radius 3 is 2.08 bits per heavy atom. The van der Waals surface area contributed by atoms with E-state index in [1.54, 1.807) is 31.4 Å². The summed E-state index contributed by atoms with van der Waals surface area (Å²) < 4.78 is 5.17. The molecule has 0 aromatic heterocycles. The number of nitrogens with one attached hydrogen (secondary N) is 4. The summed E-state index contributed by atoms with van der Waals surface area (Å²) in [5.74, 6) is -0.747. The average molecular weight is 672 g/mol. The number of primary amides is 1. The Bertz CT molecular complexity index is 1220. The molecule has 12 nitrogen and oxygen atoms in total. The molecule has 0 aliphatic rings. The molecular weight excluding hydrogens is 614 g/mol. The molecule has 4 unspecified atom stereocenters. The summed E-state index contributed by atoms with van der Waals surface area (Å²) in [4.78, 5) is 50.4. The normalized spacial score (nSPS) is 13.8. The minimum Gasteiger partial charge on any atom is -0.396 e. The van der Waals surface area contributed by atoms with Crippen LogP contribution in [-0.2, 0) is 32.1 Å². The molecular formula is C36H57N5O7. The Morgan fingerprint density at radius 2 is 1.56 bits per heavy atom. The highest BCUT2D eigenvalue weighted by molar-refractivity contribution is 5.98. The summed E-state index contributed by atoms with van der Waals surface area (Å²) >= 11 is 0. The number of aliphatic hydroxyl groups excluding tert-OH is 2. The predicted octanol–water partition coefficient (Wildman–Crippen LogP) is 3.79. The lowest BCUT2D eigenvalue weighted by molar-refractivity contribution is -0.131. The Morgan fingerprint density at radius 1 is 0.896 bits per heavy atom. The SMILES string of the molecule is CCC(C)(CCO)OC.CCC(C)CCC(=O)NC(Cc1ccccc1)C(=O)NC(CCCNC(N)=O)C(=O)Nc1ccc(CO)cc1. The number of benzene rings is 2. The summed E-state index contributed by atoms with van der Waals surface area (Å²) in [5.41, 5.74) is 7.09. The van der Waals surface area contributed by atoms with Gasteiger partial charge < -0.3 is 42.0 Å². The molecule has 0 saturated carbocycles. The van der Waals surface area contributed by atoms with Crippen molar-refractivity contribution in [2.75, 3.05) is 25.6 Å². The van der Waals surface area contributed by atoms with Gasteiger partial charge in [-0.1, -0.05) is 69.7 Å². The van der Waals surface area contributed by atoms with Gasteiger partial charge in [-0.2, -0.15) is 0 Å². The summed E-state index contributed by atoms with van der Waals surface area (Å²) in [6.07, 6.45) is 4.54. The smallest absolute Gasteiger partial charge is 0.312 e. The third-order valence-corrected chi connectivity index (χ3v) is 8.38. The van der Waals surface area contributed by atoms with Crippen LogP contribution in [0.2, 0.25) is 0 Å². The molecule has 0 fully saturated rings. The first-order valence-corrected chi connectivity index (χ1v) is 16.7. The zero-order valence-electron chi connectivity index (χ0n) is 29.2. The second-order valence-electron chi connectivity index (χ2n) is 12.2. The van der Waals surface area contributed by atoms with Gasteiger partial charge in [-0.05, 0) is 68.2 Å². The van der Waals surface area contributed by atoms with Gasteiger partial charge in [0.05, 0.1) is 12.2 Å². The summed E-state index contributed by atoms with van der Waals surface area (Å²) in [7, 11) is 1.68. The molecule has 5 amide bonds. The molecule has 48 heavy (non-hydrogen) atoms. The van der Waals surface area contributed by atoms with Crippen LogP contribution in [0.1, 0.15) is 83.8 Å². The molecule has 2 aromatic carbocycles. The van der Waals surface area contributed by atoms with Crippen molar-refractivity contribution in [3.63, 3.8) is 0 Å². The van der Waals surface area contributed by atoms with Crippen LogP contribution in [0.3, 0.4) is 0 Å². The number of methoxy groups -OCH3 is 1. The van der Waals surface area contributed by atoms with E-state index in [2.05, 4.69) is 42.0 Å². The lowest BCUT2D eigenvalue weighted by atomic mass is 10.00. The molecule has 0 aliphatic heterocycles. The van der Waals surface area contributed by atoms with Gasteiger partial charge in [0.25, 0.3) is 0 Å². The van der Waals surface area contributed by atoms with Crippen molar-refractivity contribution < 1.29 is 34.1 Å². The first-order chi connectivity index (χ1) is 22.9. The Kier molecular flexibility index (Phi) is 20.4. The first kappa shape index (κ1) is 42.0. The molecule has 0 saturated heterocycles. The minimum absolute atomic E-state index is 0.116. The molecule has 0 radical (unpaired) electrons. The third-order valence-electron chi connectivity index (χ3n) is 8.38. The number of ether oxygens (including phenoxy) is 1. The van der Waals surface area contributed by atoms with E-state index < -0.39 is 29.9 Å². The largest absolute Gasteiger partial charge is 0.396 e. The van der Waals surface area contributed by atoms with Crippen molar-refractivity contribution in [1.82, 2.24) is 16.0 Å². The van der Waals surface area contributed by atoms with Crippen LogP contribution in [0, 0.1) is 5.92 Å². The Labute approximate surface area is 285 Å². The fourth-order valence-corrected chi connectivity index (χ4v) is 4.55. The summed E-state index contributed by atoms with van der Waals surface area (Å²) in [6, 6.07) is 13.6. The number of hydrogen-bond acceptors (Lipinski definition) is 7. The van der Waals surface area contributed by atoms with E-state index in [-0.39, 0.29) is 44.1 Å². The van der Waals surface area contributed by atoms with Gasteiger partial charge in [0.2, 0.25) is 17.7 Å². The zero-order valence-corrected chi connectivity index (χ0v) is 29.2. The van der Waals surface area contributed by atoms with Crippen molar-refractivity contribution in [3.8, 4) is 0 Å². The number of aliphatic hydroxyl groups is 2. The van der Waals surface area contributed by atoms with Crippen molar-refractivity contribution in [2.45, 2.75) is 103 Å². The maximum atomic E-state index is 13.4. The standard InChI is InChI=1S/C29H41N5O5.C7H16O2/c1-3-20(2)11-16-26(36)33-25(18-21-8-5-4-6-9-21)28(38)34-24(10-7-17-31-29(30)39)27(37)32-23-14-12-22(19-35)13-15-23;1-4-7(2,9-3)5-6-8/h4-6,8-9,12-15,20,24-25,35H,3,7,10-11,16-19H2,1-2H3,(H,32,37)(H,33,36)(H,34,38)(H3,30,31,39);8H,4-6H2,1-3H3. The van der Waals surface area contributed by atoms with Crippen molar-refractivity contribution in [1.29, 1.82) is 0 Å². The quantitative estimate of drug-likeness (QED) is 0.104.